The number of fused-ring (bicyclic) bond motifs is 1. The standard InChI is InChI=1S/C29H32ClN5O6S/c1-39-13-12-35(28(38)22-4-2-3-5-23(22)30)17-26(36)32-29-31-21(18-42-29)15-27(37)34-10-8-33(9-11-34)16-20-6-7-24-25(14-20)41-19-40-24/h2-7,14,18H,8-13,15-17,19H2,1H3,(H,31,32,36). The first kappa shape index (κ1) is 29.8. The lowest BCUT2D eigenvalue weighted by Gasteiger charge is -2.34. The fourth-order valence-corrected chi connectivity index (χ4v) is 5.70. The Morgan fingerprint density at radius 1 is 1.10 bits per heavy atom. The van der Waals surface area contributed by atoms with Gasteiger partial charge in [-0.2, -0.15) is 0 Å². The number of aromatic nitrogens is 1. The number of carbonyl (C=O) groups excluding carboxylic acids is 3. The molecule has 0 unspecified atom stereocenters. The van der Waals surface area contributed by atoms with Gasteiger partial charge >= 0.3 is 0 Å². The number of piperazine rings is 1. The molecule has 0 radical (unpaired) electrons. The summed E-state index contributed by atoms with van der Waals surface area (Å²) < 4.78 is 16.0. The number of benzene rings is 2. The van der Waals surface area contributed by atoms with Crippen LogP contribution in [0.2, 0.25) is 5.02 Å². The Kier molecular flexibility index (Phi) is 9.90. The maximum absolute atomic E-state index is 13.0. The average Bonchev–Trinajstić information content (AvgIpc) is 3.64. The van der Waals surface area contributed by atoms with Gasteiger partial charge in [-0.05, 0) is 29.8 Å². The predicted octanol–water partition coefficient (Wildman–Crippen LogP) is 3.14. The highest BCUT2D eigenvalue weighted by Gasteiger charge is 2.24. The average molecular weight is 614 g/mol. The van der Waals surface area contributed by atoms with Crippen molar-refractivity contribution in [1.82, 2.24) is 19.7 Å². The van der Waals surface area contributed by atoms with Crippen LogP contribution in [-0.2, 0) is 27.3 Å². The highest BCUT2D eigenvalue weighted by atomic mass is 35.5. The second-order valence-corrected chi connectivity index (χ2v) is 11.2. The number of methoxy groups -OCH3 is 1. The SMILES string of the molecule is COCCN(CC(=O)Nc1nc(CC(=O)N2CCN(Cc3ccc4c(c3)OCO4)CC2)cs1)C(=O)c1ccccc1Cl. The largest absolute Gasteiger partial charge is 0.454 e. The number of nitrogens with one attached hydrogen (secondary N) is 1. The molecule has 1 N–H and O–H groups in total. The molecule has 2 aromatic carbocycles. The van der Waals surface area contributed by atoms with Crippen LogP contribution in [0, 0.1) is 0 Å². The number of ether oxygens (including phenoxy) is 3. The number of thiazole rings is 1. The Bertz CT molecular complexity index is 1430. The van der Waals surface area contributed by atoms with Crippen molar-refractivity contribution < 1.29 is 28.6 Å². The molecule has 13 heteroatoms. The van der Waals surface area contributed by atoms with Crippen LogP contribution in [0.1, 0.15) is 21.6 Å². The van der Waals surface area contributed by atoms with Gasteiger partial charge in [0.05, 0.1) is 29.3 Å². The lowest BCUT2D eigenvalue weighted by Crippen LogP contribution is -2.48. The van der Waals surface area contributed by atoms with E-state index in [0.29, 0.717) is 34.5 Å². The van der Waals surface area contributed by atoms with Crippen molar-refractivity contribution in [2.75, 3.05) is 65.1 Å². The highest BCUT2D eigenvalue weighted by molar-refractivity contribution is 7.13. The van der Waals surface area contributed by atoms with Gasteiger partial charge in [0.15, 0.2) is 16.6 Å². The van der Waals surface area contributed by atoms with Crippen LogP contribution in [0.3, 0.4) is 0 Å². The minimum absolute atomic E-state index is 0.00279. The Labute approximate surface area is 252 Å². The third-order valence-electron chi connectivity index (χ3n) is 6.99. The first-order valence-corrected chi connectivity index (χ1v) is 14.8. The third-order valence-corrected chi connectivity index (χ3v) is 8.13. The van der Waals surface area contributed by atoms with E-state index in [0.717, 1.165) is 36.7 Å². The van der Waals surface area contributed by atoms with Crippen LogP contribution in [0.15, 0.2) is 47.8 Å². The summed E-state index contributed by atoms with van der Waals surface area (Å²) in [4.78, 5) is 48.8. The molecule has 0 spiro atoms. The second-order valence-electron chi connectivity index (χ2n) is 9.91. The Morgan fingerprint density at radius 2 is 1.88 bits per heavy atom. The van der Waals surface area contributed by atoms with Gasteiger partial charge in [-0.3, -0.25) is 19.3 Å². The lowest BCUT2D eigenvalue weighted by molar-refractivity contribution is -0.132. The zero-order chi connectivity index (χ0) is 29.5. The highest BCUT2D eigenvalue weighted by Crippen LogP contribution is 2.33. The van der Waals surface area contributed by atoms with Crippen LogP contribution in [0.25, 0.3) is 0 Å². The Balaban J connectivity index is 1.09. The van der Waals surface area contributed by atoms with E-state index >= 15 is 0 Å². The first-order valence-electron chi connectivity index (χ1n) is 13.5. The normalized spacial score (nSPS) is 14.6. The Morgan fingerprint density at radius 3 is 2.67 bits per heavy atom. The molecule has 0 bridgehead atoms. The van der Waals surface area contributed by atoms with Crippen molar-refractivity contribution in [3.8, 4) is 11.5 Å². The van der Waals surface area contributed by atoms with Crippen molar-refractivity contribution in [2.45, 2.75) is 13.0 Å². The minimum Gasteiger partial charge on any atom is -0.454 e. The number of hydrogen-bond donors (Lipinski definition) is 1. The van der Waals surface area contributed by atoms with Gasteiger partial charge in [0.1, 0.15) is 6.54 Å². The fourth-order valence-electron chi connectivity index (χ4n) is 4.76. The van der Waals surface area contributed by atoms with Gasteiger partial charge in [-0.1, -0.05) is 29.8 Å². The van der Waals surface area contributed by atoms with E-state index in [9.17, 15) is 14.4 Å². The minimum atomic E-state index is -0.405. The summed E-state index contributed by atoms with van der Waals surface area (Å²) >= 11 is 7.43. The van der Waals surface area contributed by atoms with Crippen molar-refractivity contribution in [3.63, 3.8) is 0 Å². The molecule has 222 valence electrons. The van der Waals surface area contributed by atoms with Crippen LogP contribution in [0.4, 0.5) is 5.13 Å². The van der Waals surface area contributed by atoms with Crippen molar-refractivity contribution in [2.24, 2.45) is 0 Å². The molecule has 2 aliphatic heterocycles. The van der Waals surface area contributed by atoms with Crippen molar-refractivity contribution >= 4 is 45.8 Å². The zero-order valence-corrected chi connectivity index (χ0v) is 24.8. The summed E-state index contributed by atoms with van der Waals surface area (Å²) in [6.45, 7) is 4.12. The number of anilines is 1. The number of hydrogen-bond acceptors (Lipinski definition) is 9. The number of carbonyl (C=O) groups is 3. The predicted molar refractivity (Wildman–Crippen MR) is 158 cm³/mol. The molecule has 0 atom stereocenters. The maximum atomic E-state index is 13.0. The summed E-state index contributed by atoms with van der Waals surface area (Å²) in [5, 5.41) is 5.18. The molecule has 1 fully saturated rings. The summed E-state index contributed by atoms with van der Waals surface area (Å²) in [6.07, 6.45) is 0.152. The Hall–Kier alpha value is -3.71. The van der Waals surface area contributed by atoms with Gasteiger partial charge in [0.2, 0.25) is 18.6 Å². The van der Waals surface area contributed by atoms with Crippen LogP contribution in [0.5, 0.6) is 11.5 Å². The topological polar surface area (TPSA) is 114 Å². The third kappa shape index (κ3) is 7.57. The molecular weight excluding hydrogens is 582 g/mol. The quantitative estimate of drug-likeness (QED) is 0.351. The van der Waals surface area contributed by atoms with Crippen molar-refractivity contribution in [3.05, 3.63) is 69.7 Å². The molecule has 3 amide bonds. The smallest absolute Gasteiger partial charge is 0.255 e. The summed E-state index contributed by atoms with van der Waals surface area (Å²) in [5.41, 5.74) is 2.05. The molecule has 0 saturated carbocycles. The van der Waals surface area contributed by atoms with E-state index in [1.165, 1.54) is 23.3 Å². The molecule has 11 nitrogen and oxygen atoms in total. The van der Waals surface area contributed by atoms with E-state index in [2.05, 4.69) is 15.2 Å². The van der Waals surface area contributed by atoms with E-state index in [1.54, 1.807) is 29.6 Å². The van der Waals surface area contributed by atoms with Crippen LogP contribution < -0.4 is 14.8 Å². The van der Waals surface area contributed by atoms with E-state index in [1.807, 2.05) is 23.1 Å². The first-order chi connectivity index (χ1) is 20.4. The monoisotopic (exact) mass is 613 g/mol. The molecule has 5 rings (SSSR count). The van der Waals surface area contributed by atoms with E-state index < -0.39 is 5.91 Å². The van der Waals surface area contributed by atoms with Gasteiger partial charge in [0.25, 0.3) is 5.91 Å². The lowest BCUT2D eigenvalue weighted by atomic mass is 10.1. The molecule has 1 saturated heterocycles. The summed E-state index contributed by atoms with van der Waals surface area (Å²) in [7, 11) is 1.53. The molecule has 3 heterocycles. The second kappa shape index (κ2) is 14.0. The van der Waals surface area contributed by atoms with E-state index in [-0.39, 0.29) is 44.7 Å². The van der Waals surface area contributed by atoms with Crippen LogP contribution in [-0.4, -0.2) is 97.2 Å². The van der Waals surface area contributed by atoms with Gasteiger partial charge < -0.3 is 29.3 Å². The van der Waals surface area contributed by atoms with Gasteiger partial charge in [-0.15, -0.1) is 11.3 Å². The van der Waals surface area contributed by atoms with E-state index in [4.69, 9.17) is 25.8 Å². The number of rotatable bonds is 11. The summed E-state index contributed by atoms with van der Waals surface area (Å²) in [6, 6.07) is 12.7. The number of halogens is 1. The molecule has 42 heavy (non-hydrogen) atoms. The molecular formula is C29H32ClN5O6S. The molecule has 1 aromatic heterocycles. The fraction of sp³-hybridized carbons (Fsp3) is 0.379. The number of amides is 3. The maximum Gasteiger partial charge on any atom is 0.255 e. The zero-order valence-electron chi connectivity index (χ0n) is 23.2. The summed E-state index contributed by atoms with van der Waals surface area (Å²) in [5.74, 6) is 0.768. The van der Waals surface area contributed by atoms with Gasteiger partial charge in [-0.25, -0.2) is 4.98 Å². The molecule has 0 aliphatic carbocycles. The van der Waals surface area contributed by atoms with Crippen molar-refractivity contribution in [1.29, 1.82) is 0 Å². The number of nitrogens with zero attached hydrogens (tertiary/aromatic N) is 4. The molecule has 2 aliphatic rings. The van der Waals surface area contributed by atoms with Crippen LogP contribution >= 0.6 is 22.9 Å². The van der Waals surface area contributed by atoms with Gasteiger partial charge in [0, 0.05) is 51.8 Å². The molecule has 3 aromatic rings.